The van der Waals surface area contributed by atoms with Gasteiger partial charge in [0.15, 0.2) is 0 Å². The van der Waals surface area contributed by atoms with Gasteiger partial charge in [-0.05, 0) is 26.7 Å². The van der Waals surface area contributed by atoms with E-state index in [-0.39, 0.29) is 0 Å². The zero-order valence-corrected chi connectivity index (χ0v) is 10.7. The standard InChI is InChI=1S/C12H22Si/c1-6-12(2)10-8-7-9-11-13(3,4)5/h6H,7-8,10H2,1-5H3/b12-6+. The van der Waals surface area contributed by atoms with E-state index in [4.69, 9.17) is 0 Å². The molecule has 0 bridgehead atoms. The minimum atomic E-state index is -1.12. The number of unbranched alkanes of at least 4 members (excludes halogenated alkanes) is 1. The summed E-state index contributed by atoms with van der Waals surface area (Å²) in [6.07, 6.45) is 5.67. The van der Waals surface area contributed by atoms with Gasteiger partial charge >= 0.3 is 0 Å². The number of hydrogen-bond donors (Lipinski definition) is 0. The summed E-state index contributed by atoms with van der Waals surface area (Å²) in [4.78, 5) is 0. The first kappa shape index (κ1) is 12.5. The molecule has 0 aliphatic heterocycles. The molecule has 0 radical (unpaired) electrons. The van der Waals surface area contributed by atoms with Crippen molar-refractivity contribution in [1.29, 1.82) is 0 Å². The Hall–Kier alpha value is -0.483. The van der Waals surface area contributed by atoms with Crippen LogP contribution in [0.25, 0.3) is 0 Å². The second kappa shape index (κ2) is 6.04. The SMILES string of the molecule is C/C=C(\C)CCCC#C[Si](C)(C)C. The summed E-state index contributed by atoms with van der Waals surface area (Å²) in [6.45, 7) is 11.2. The summed E-state index contributed by atoms with van der Waals surface area (Å²) in [5, 5.41) is 0. The Labute approximate surface area is 84.4 Å². The molecule has 13 heavy (non-hydrogen) atoms. The van der Waals surface area contributed by atoms with Gasteiger partial charge in [0, 0.05) is 6.42 Å². The maximum absolute atomic E-state index is 3.38. The van der Waals surface area contributed by atoms with Gasteiger partial charge in [-0.25, -0.2) is 0 Å². The van der Waals surface area contributed by atoms with E-state index in [0.717, 1.165) is 6.42 Å². The van der Waals surface area contributed by atoms with Crippen LogP contribution in [0, 0.1) is 11.5 Å². The van der Waals surface area contributed by atoms with Crippen LogP contribution in [0.2, 0.25) is 19.6 Å². The third-order valence-electron chi connectivity index (χ3n) is 1.83. The van der Waals surface area contributed by atoms with Crippen molar-refractivity contribution in [2.24, 2.45) is 0 Å². The lowest BCUT2D eigenvalue weighted by Crippen LogP contribution is -2.16. The largest absolute Gasteiger partial charge is 0.132 e. The highest BCUT2D eigenvalue weighted by atomic mass is 28.3. The molecule has 1 heteroatoms. The summed E-state index contributed by atoms with van der Waals surface area (Å²) >= 11 is 0. The summed E-state index contributed by atoms with van der Waals surface area (Å²) < 4.78 is 0. The fourth-order valence-corrected chi connectivity index (χ4v) is 1.58. The topological polar surface area (TPSA) is 0 Å². The van der Waals surface area contributed by atoms with Gasteiger partial charge in [-0.15, -0.1) is 11.5 Å². The molecule has 0 amide bonds. The van der Waals surface area contributed by atoms with E-state index < -0.39 is 8.07 Å². The Balaban J connectivity index is 3.61. The molecule has 0 atom stereocenters. The molecule has 0 unspecified atom stereocenters. The van der Waals surface area contributed by atoms with Crippen molar-refractivity contribution in [3.63, 3.8) is 0 Å². The molecule has 0 nitrogen and oxygen atoms in total. The van der Waals surface area contributed by atoms with E-state index in [2.05, 4.69) is 51.0 Å². The van der Waals surface area contributed by atoms with Crippen LogP contribution in [0.4, 0.5) is 0 Å². The molecule has 0 aliphatic carbocycles. The fraction of sp³-hybridized carbons (Fsp3) is 0.667. The molecule has 0 saturated heterocycles. The van der Waals surface area contributed by atoms with E-state index in [9.17, 15) is 0 Å². The Kier molecular flexibility index (Phi) is 5.82. The Morgan fingerprint density at radius 3 is 2.38 bits per heavy atom. The van der Waals surface area contributed by atoms with Crippen LogP contribution in [0.5, 0.6) is 0 Å². The number of allylic oxidation sites excluding steroid dienone is 2. The first-order valence-corrected chi connectivity index (χ1v) is 8.57. The minimum Gasteiger partial charge on any atom is -0.132 e. The second-order valence-corrected chi connectivity index (χ2v) is 9.29. The molecule has 0 rings (SSSR count). The summed E-state index contributed by atoms with van der Waals surface area (Å²) in [5.41, 5.74) is 4.86. The van der Waals surface area contributed by atoms with Crippen LogP contribution >= 0.6 is 0 Å². The van der Waals surface area contributed by atoms with Crippen molar-refractivity contribution in [2.45, 2.75) is 52.8 Å². The molecule has 74 valence electrons. The van der Waals surface area contributed by atoms with E-state index in [1.807, 2.05) is 0 Å². The highest BCUT2D eigenvalue weighted by molar-refractivity contribution is 6.83. The van der Waals surface area contributed by atoms with Crippen LogP contribution < -0.4 is 0 Å². The first-order chi connectivity index (χ1) is 5.95. The van der Waals surface area contributed by atoms with Crippen molar-refractivity contribution in [1.82, 2.24) is 0 Å². The maximum Gasteiger partial charge on any atom is 0.129 e. The van der Waals surface area contributed by atoms with Crippen LogP contribution in [0.1, 0.15) is 33.1 Å². The highest BCUT2D eigenvalue weighted by Gasteiger charge is 2.06. The van der Waals surface area contributed by atoms with Crippen LogP contribution in [-0.4, -0.2) is 8.07 Å². The first-order valence-electron chi connectivity index (χ1n) is 5.07. The molecule has 0 fully saturated rings. The van der Waals surface area contributed by atoms with Gasteiger partial charge in [-0.1, -0.05) is 31.3 Å². The lowest BCUT2D eigenvalue weighted by molar-refractivity contribution is 0.845. The maximum atomic E-state index is 3.38. The zero-order chi connectivity index (χ0) is 10.3. The molecule has 0 aromatic rings. The fourth-order valence-electron chi connectivity index (χ4n) is 0.928. The van der Waals surface area contributed by atoms with Crippen LogP contribution in [0.15, 0.2) is 11.6 Å². The predicted octanol–water partition coefficient (Wildman–Crippen LogP) is 4.00. The Morgan fingerprint density at radius 1 is 1.31 bits per heavy atom. The summed E-state index contributed by atoms with van der Waals surface area (Å²) in [6, 6.07) is 0. The minimum absolute atomic E-state index is 1.06. The molecule has 0 N–H and O–H groups in total. The van der Waals surface area contributed by atoms with Gasteiger partial charge in [0.2, 0.25) is 0 Å². The predicted molar refractivity (Wildman–Crippen MR) is 64.4 cm³/mol. The summed E-state index contributed by atoms with van der Waals surface area (Å²) in [7, 11) is -1.12. The molecule has 0 aromatic heterocycles. The van der Waals surface area contributed by atoms with Gasteiger partial charge < -0.3 is 0 Å². The molecular weight excluding hydrogens is 172 g/mol. The molecule has 0 heterocycles. The molecule has 0 aromatic carbocycles. The van der Waals surface area contributed by atoms with Crippen molar-refractivity contribution >= 4 is 8.07 Å². The Bertz CT molecular complexity index is 220. The van der Waals surface area contributed by atoms with E-state index in [0.29, 0.717) is 0 Å². The monoisotopic (exact) mass is 194 g/mol. The third kappa shape index (κ3) is 9.43. The lowest BCUT2D eigenvalue weighted by Gasteiger charge is -2.03. The lowest BCUT2D eigenvalue weighted by atomic mass is 10.1. The average molecular weight is 194 g/mol. The van der Waals surface area contributed by atoms with Crippen molar-refractivity contribution in [3.8, 4) is 11.5 Å². The normalized spacial score (nSPS) is 12.2. The quantitative estimate of drug-likeness (QED) is 0.276. The smallest absolute Gasteiger partial charge is 0.129 e. The average Bonchev–Trinajstić information content (AvgIpc) is 2.01. The highest BCUT2D eigenvalue weighted by Crippen LogP contribution is 2.05. The number of rotatable bonds is 3. The van der Waals surface area contributed by atoms with Crippen LogP contribution in [0.3, 0.4) is 0 Å². The van der Waals surface area contributed by atoms with Crippen LogP contribution in [-0.2, 0) is 0 Å². The molecular formula is C12H22Si. The van der Waals surface area contributed by atoms with Gasteiger partial charge in [0.1, 0.15) is 8.07 Å². The summed E-state index contributed by atoms with van der Waals surface area (Å²) in [5.74, 6) is 3.29. The van der Waals surface area contributed by atoms with Crippen molar-refractivity contribution in [2.75, 3.05) is 0 Å². The third-order valence-corrected chi connectivity index (χ3v) is 2.76. The Morgan fingerprint density at radius 2 is 1.92 bits per heavy atom. The van der Waals surface area contributed by atoms with Crippen molar-refractivity contribution in [3.05, 3.63) is 11.6 Å². The van der Waals surface area contributed by atoms with Gasteiger partial charge in [-0.2, -0.15) is 0 Å². The molecule has 0 saturated carbocycles. The van der Waals surface area contributed by atoms with Gasteiger partial charge in [0.05, 0.1) is 0 Å². The van der Waals surface area contributed by atoms with Gasteiger partial charge in [0.25, 0.3) is 0 Å². The van der Waals surface area contributed by atoms with E-state index >= 15 is 0 Å². The van der Waals surface area contributed by atoms with Crippen molar-refractivity contribution < 1.29 is 0 Å². The number of hydrogen-bond acceptors (Lipinski definition) is 0. The van der Waals surface area contributed by atoms with Gasteiger partial charge in [-0.3, -0.25) is 0 Å². The molecule has 0 spiro atoms. The second-order valence-electron chi connectivity index (χ2n) is 4.54. The van der Waals surface area contributed by atoms with E-state index in [1.54, 1.807) is 0 Å². The van der Waals surface area contributed by atoms with E-state index in [1.165, 1.54) is 18.4 Å². The molecule has 0 aliphatic rings. The zero-order valence-electron chi connectivity index (χ0n) is 9.70.